The molecule has 0 atom stereocenters. The molecule has 1 aromatic rings. The van der Waals surface area contributed by atoms with E-state index in [0.29, 0.717) is 5.92 Å². The third kappa shape index (κ3) is 4.30. The van der Waals surface area contributed by atoms with E-state index in [0.717, 1.165) is 38.5 Å². The largest absolute Gasteiger partial charge is 0.433 e. The molecule has 20 heavy (non-hydrogen) atoms. The van der Waals surface area contributed by atoms with Crippen molar-refractivity contribution in [2.75, 3.05) is 37.6 Å². The van der Waals surface area contributed by atoms with Crippen molar-refractivity contribution in [3.05, 3.63) is 18.3 Å². The molecule has 1 aliphatic rings. The Morgan fingerprint density at radius 2 is 1.90 bits per heavy atom. The van der Waals surface area contributed by atoms with Gasteiger partial charge in [-0.05, 0) is 18.1 Å². The van der Waals surface area contributed by atoms with Crippen LogP contribution in [0.4, 0.5) is 14.6 Å². The molecular formula is C14H21F2N3O. The Balaban J connectivity index is 1.87. The summed E-state index contributed by atoms with van der Waals surface area (Å²) in [5, 5.41) is 0. The van der Waals surface area contributed by atoms with E-state index in [1.807, 2.05) is 0 Å². The Kier molecular flexibility index (Phi) is 5.11. The lowest BCUT2D eigenvalue weighted by Gasteiger charge is -2.36. The number of anilines is 1. The molecule has 0 unspecified atom stereocenters. The van der Waals surface area contributed by atoms with E-state index in [9.17, 15) is 8.78 Å². The minimum atomic E-state index is -2.80. The quantitative estimate of drug-likeness (QED) is 0.831. The number of hydrogen-bond acceptors (Lipinski definition) is 4. The van der Waals surface area contributed by atoms with Gasteiger partial charge in [0.2, 0.25) is 0 Å². The summed E-state index contributed by atoms with van der Waals surface area (Å²) in [6.07, 6.45) is 1.35. The Morgan fingerprint density at radius 1 is 1.20 bits per heavy atom. The first-order valence-corrected chi connectivity index (χ1v) is 6.93. The van der Waals surface area contributed by atoms with Crippen molar-refractivity contribution in [2.24, 2.45) is 5.92 Å². The van der Waals surface area contributed by atoms with Crippen molar-refractivity contribution in [1.29, 1.82) is 0 Å². The number of piperazine rings is 1. The summed E-state index contributed by atoms with van der Waals surface area (Å²) in [6, 6.07) is 3.27. The fourth-order valence-electron chi connectivity index (χ4n) is 2.41. The van der Waals surface area contributed by atoms with Crippen LogP contribution in [0.5, 0.6) is 5.75 Å². The average Bonchev–Trinajstić information content (AvgIpc) is 2.39. The van der Waals surface area contributed by atoms with Crippen molar-refractivity contribution in [3.63, 3.8) is 0 Å². The van der Waals surface area contributed by atoms with Gasteiger partial charge in [0.05, 0.1) is 6.20 Å². The van der Waals surface area contributed by atoms with Crippen LogP contribution in [0, 0.1) is 5.92 Å². The van der Waals surface area contributed by atoms with Crippen LogP contribution in [0.1, 0.15) is 13.8 Å². The Bertz CT molecular complexity index is 403. The molecule has 112 valence electrons. The van der Waals surface area contributed by atoms with Crippen LogP contribution in [0.2, 0.25) is 0 Å². The molecule has 0 bridgehead atoms. The Labute approximate surface area is 118 Å². The predicted octanol–water partition coefficient (Wildman–Crippen LogP) is 2.46. The number of hydrogen-bond donors (Lipinski definition) is 0. The lowest BCUT2D eigenvalue weighted by atomic mass is 10.2. The summed E-state index contributed by atoms with van der Waals surface area (Å²) in [5.74, 6) is 1.59. The first-order valence-electron chi connectivity index (χ1n) is 6.93. The maximum absolute atomic E-state index is 12.1. The van der Waals surface area contributed by atoms with E-state index in [1.54, 1.807) is 6.07 Å². The number of rotatable bonds is 5. The number of alkyl halides is 2. The topological polar surface area (TPSA) is 28.6 Å². The average molecular weight is 285 g/mol. The molecule has 0 radical (unpaired) electrons. The molecule has 2 heterocycles. The molecule has 1 aliphatic heterocycles. The normalized spacial score (nSPS) is 17.0. The van der Waals surface area contributed by atoms with Gasteiger partial charge in [0.1, 0.15) is 11.6 Å². The summed E-state index contributed by atoms with van der Waals surface area (Å²) < 4.78 is 28.4. The predicted molar refractivity (Wildman–Crippen MR) is 74.4 cm³/mol. The lowest BCUT2D eigenvalue weighted by Crippen LogP contribution is -2.47. The van der Waals surface area contributed by atoms with Gasteiger partial charge in [-0.15, -0.1) is 0 Å². The van der Waals surface area contributed by atoms with Gasteiger partial charge < -0.3 is 9.64 Å². The van der Waals surface area contributed by atoms with Crippen LogP contribution in [-0.2, 0) is 0 Å². The molecule has 4 nitrogen and oxygen atoms in total. The van der Waals surface area contributed by atoms with Crippen LogP contribution in [-0.4, -0.2) is 49.2 Å². The monoisotopic (exact) mass is 285 g/mol. The second-order valence-electron chi connectivity index (χ2n) is 5.41. The van der Waals surface area contributed by atoms with Gasteiger partial charge in [0.15, 0.2) is 0 Å². The fraction of sp³-hybridized carbons (Fsp3) is 0.643. The van der Waals surface area contributed by atoms with Crippen molar-refractivity contribution < 1.29 is 13.5 Å². The minimum Gasteiger partial charge on any atom is -0.433 e. The fourth-order valence-corrected chi connectivity index (χ4v) is 2.41. The zero-order valence-electron chi connectivity index (χ0n) is 11.9. The van der Waals surface area contributed by atoms with Crippen molar-refractivity contribution in [3.8, 4) is 5.75 Å². The van der Waals surface area contributed by atoms with E-state index < -0.39 is 6.61 Å². The van der Waals surface area contributed by atoms with Gasteiger partial charge in [-0.2, -0.15) is 8.78 Å². The van der Waals surface area contributed by atoms with Crippen LogP contribution in [0.15, 0.2) is 18.3 Å². The number of halogens is 2. The molecule has 2 rings (SSSR count). The summed E-state index contributed by atoms with van der Waals surface area (Å²) >= 11 is 0. The standard InChI is InChI=1S/C14H21F2N3O/c1-11(2)10-18-5-7-19(8-6-18)13-4-3-12(9-17-13)20-14(15)16/h3-4,9,11,14H,5-8,10H2,1-2H3. The number of ether oxygens (including phenoxy) is 1. The molecule has 1 saturated heterocycles. The SMILES string of the molecule is CC(C)CN1CCN(c2ccc(OC(F)F)cn2)CC1. The van der Waals surface area contributed by atoms with Gasteiger partial charge in [0, 0.05) is 32.7 Å². The van der Waals surface area contributed by atoms with E-state index >= 15 is 0 Å². The molecule has 1 aromatic heterocycles. The van der Waals surface area contributed by atoms with Crippen LogP contribution < -0.4 is 9.64 Å². The molecule has 6 heteroatoms. The molecule has 1 fully saturated rings. The van der Waals surface area contributed by atoms with E-state index in [4.69, 9.17) is 0 Å². The maximum atomic E-state index is 12.1. The van der Waals surface area contributed by atoms with Crippen molar-refractivity contribution >= 4 is 5.82 Å². The Hall–Kier alpha value is -1.43. The van der Waals surface area contributed by atoms with E-state index in [2.05, 4.69) is 33.4 Å². The molecular weight excluding hydrogens is 264 g/mol. The smallest absolute Gasteiger partial charge is 0.387 e. The van der Waals surface area contributed by atoms with E-state index in [-0.39, 0.29) is 5.75 Å². The molecule has 0 spiro atoms. The first-order chi connectivity index (χ1) is 9.54. The summed E-state index contributed by atoms with van der Waals surface area (Å²) in [7, 11) is 0. The maximum Gasteiger partial charge on any atom is 0.387 e. The summed E-state index contributed by atoms with van der Waals surface area (Å²) in [5.41, 5.74) is 0. The van der Waals surface area contributed by atoms with Gasteiger partial charge in [0.25, 0.3) is 0 Å². The summed E-state index contributed by atoms with van der Waals surface area (Å²) in [4.78, 5) is 8.80. The highest BCUT2D eigenvalue weighted by Crippen LogP contribution is 2.19. The molecule has 0 amide bonds. The highest BCUT2D eigenvalue weighted by atomic mass is 19.3. The van der Waals surface area contributed by atoms with Gasteiger partial charge in [-0.25, -0.2) is 4.98 Å². The van der Waals surface area contributed by atoms with Crippen LogP contribution in [0.25, 0.3) is 0 Å². The van der Waals surface area contributed by atoms with Crippen LogP contribution >= 0.6 is 0 Å². The first kappa shape index (κ1) is 15.0. The van der Waals surface area contributed by atoms with Gasteiger partial charge in [-0.1, -0.05) is 13.8 Å². The van der Waals surface area contributed by atoms with E-state index in [1.165, 1.54) is 12.3 Å². The molecule has 0 saturated carbocycles. The minimum absolute atomic E-state index is 0.0993. The second kappa shape index (κ2) is 6.83. The highest BCUT2D eigenvalue weighted by Gasteiger charge is 2.18. The molecule has 0 aromatic carbocycles. The zero-order chi connectivity index (χ0) is 14.5. The Morgan fingerprint density at radius 3 is 2.40 bits per heavy atom. The highest BCUT2D eigenvalue weighted by molar-refractivity contribution is 5.41. The third-order valence-corrected chi connectivity index (χ3v) is 3.27. The van der Waals surface area contributed by atoms with Crippen molar-refractivity contribution in [1.82, 2.24) is 9.88 Å². The number of aromatic nitrogens is 1. The molecule has 0 N–H and O–H groups in total. The van der Waals surface area contributed by atoms with Crippen LogP contribution in [0.3, 0.4) is 0 Å². The van der Waals surface area contributed by atoms with Gasteiger partial charge in [-0.3, -0.25) is 4.90 Å². The third-order valence-electron chi connectivity index (χ3n) is 3.27. The lowest BCUT2D eigenvalue weighted by molar-refractivity contribution is -0.0500. The second-order valence-corrected chi connectivity index (χ2v) is 5.41. The molecule has 0 aliphatic carbocycles. The number of pyridine rings is 1. The van der Waals surface area contributed by atoms with Gasteiger partial charge >= 0.3 is 6.61 Å². The summed E-state index contributed by atoms with van der Waals surface area (Å²) in [6.45, 7) is 6.59. The zero-order valence-corrected chi connectivity index (χ0v) is 11.9. The number of nitrogens with zero attached hydrogens (tertiary/aromatic N) is 3. The van der Waals surface area contributed by atoms with Crippen molar-refractivity contribution in [2.45, 2.75) is 20.5 Å².